The Balaban J connectivity index is 1.60. The maximum Gasteiger partial charge on any atom is 0.264 e. The van der Waals surface area contributed by atoms with E-state index in [0.29, 0.717) is 43.3 Å². The van der Waals surface area contributed by atoms with E-state index in [1.807, 2.05) is 0 Å². The van der Waals surface area contributed by atoms with Gasteiger partial charge < -0.3 is 19.5 Å². The van der Waals surface area contributed by atoms with Gasteiger partial charge in [-0.2, -0.15) is 0 Å². The summed E-state index contributed by atoms with van der Waals surface area (Å²) in [6.45, 7) is 2.27. The molecular weight excluding hydrogens is 480 g/mol. The summed E-state index contributed by atoms with van der Waals surface area (Å²) >= 11 is 0. The third-order valence-corrected chi connectivity index (χ3v) is 7.62. The molecule has 1 aliphatic rings. The van der Waals surface area contributed by atoms with Crippen LogP contribution < -0.4 is 9.04 Å². The molecule has 0 spiro atoms. The van der Waals surface area contributed by atoms with Crippen molar-refractivity contribution in [1.29, 1.82) is 0 Å². The Morgan fingerprint density at radius 3 is 2.25 bits per heavy atom. The number of carbonyl (C=O) groups is 1. The molecule has 0 radical (unpaired) electrons. The molecule has 0 saturated carbocycles. The number of hydrogen-bond donors (Lipinski definition) is 1. The van der Waals surface area contributed by atoms with E-state index in [-0.39, 0.29) is 23.1 Å². The summed E-state index contributed by atoms with van der Waals surface area (Å²) in [6.07, 6.45) is 3.23. The minimum atomic E-state index is -3.92. The molecule has 0 bridgehead atoms. The standard InChI is InChI=1S/C27H28N2O6S/c1-34-25-11-13-26(14-12-25)36(32,33)29(20-22-4-9-24(30)10-5-22)23-7-2-21(3-8-23)6-15-27(31)28-16-18-35-19-17-28/h2-15,30H,16-20H2,1H3. The minimum absolute atomic E-state index is 0.0688. The van der Waals surface area contributed by atoms with Gasteiger partial charge in [-0.1, -0.05) is 24.3 Å². The van der Waals surface area contributed by atoms with E-state index in [4.69, 9.17) is 9.47 Å². The number of hydrogen-bond acceptors (Lipinski definition) is 6. The van der Waals surface area contributed by atoms with Crippen LogP contribution in [0.2, 0.25) is 0 Å². The van der Waals surface area contributed by atoms with Crippen LogP contribution in [-0.4, -0.2) is 57.7 Å². The fourth-order valence-corrected chi connectivity index (χ4v) is 5.22. The molecule has 3 aromatic carbocycles. The summed E-state index contributed by atoms with van der Waals surface area (Å²) in [4.78, 5) is 14.2. The Bertz CT molecular complexity index is 1300. The van der Waals surface area contributed by atoms with Crippen LogP contribution in [-0.2, 0) is 26.1 Å². The largest absolute Gasteiger partial charge is 0.508 e. The highest BCUT2D eigenvalue weighted by Crippen LogP contribution is 2.28. The van der Waals surface area contributed by atoms with Crippen molar-refractivity contribution in [2.75, 3.05) is 37.7 Å². The van der Waals surface area contributed by atoms with Crippen molar-refractivity contribution >= 4 is 27.7 Å². The topological polar surface area (TPSA) is 96.4 Å². The molecule has 4 rings (SSSR count). The number of rotatable bonds is 8. The third-order valence-electron chi connectivity index (χ3n) is 5.83. The summed E-state index contributed by atoms with van der Waals surface area (Å²) in [5, 5.41) is 9.62. The Kier molecular flexibility index (Phi) is 7.92. The zero-order valence-electron chi connectivity index (χ0n) is 19.9. The number of aromatic hydroxyl groups is 1. The number of phenols is 1. The number of phenolic OH excluding ortho intramolecular Hbond substituents is 1. The first-order valence-electron chi connectivity index (χ1n) is 11.5. The first-order chi connectivity index (χ1) is 17.4. The van der Waals surface area contributed by atoms with Crippen LogP contribution in [0.1, 0.15) is 11.1 Å². The van der Waals surface area contributed by atoms with Crippen LogP contribution in [0.25, 0.3) is 6.08 Å². The second-order valence-electron chi connectivity index (χ2n) is 8.22. The number of carbonyl (C=O) groups excluding carboxylic acids is 1. The number of benzene rings is 3. The van der Waals surface area contributed by atoms with Crippen LogP contribution in [0.5, 0.6) is 11.5 Å². The monoisotopic (exact) mass is 508 g/mol. The fraction of sp³-hybridized carbons (Fsp3) is 0.222. The van der Waals surface area contributed by atoms with Crippen molar-refractivity contribution in [3.63, 3.8) is 0 Å². The lowest BCUT2D eigenvalue weighted by molar-refractivity contribution is -0.129. The van der Waals surface area contributed by atoms with Gasteiger partial charge in [0.15, 0.2) is 0 Å². The Hall–Kier alpha value is -3.82. The van der Waals surface area contributed by atoms with Gasteiger partial charge in [-0.3, -0.25) is 9.10 Å². The summed E-state index contributed by atoms with van der Waals surface area (Å²) in [6, 6.07) is 19.6. The molecular formula is C27H28N2O6S. The number of amides is 1. The summed E-state index contributed by atoms with van der Waals surface area (Å²) in [5.74, 6) is 0.575. The van der Waals surface area contributed by atoms with Gasteiger partial charge in [0, 0.05) is 19.2 Å². The van der Waals surface area contributed by atoms with Gasteiger partial charge in [0.2, 0.25) is 5.91 Å². The first kappa shape index (κ1) is 25.3. The van der Waals surface area contributed by atoms with Crippen molar-refractivity contribution in [1.82, 2.24) is 4.90 Å². The maximum absolute atomic E-state index is 13.6. The van der Waals surface area contributed by atoms with E-state index in [1.165, 1.54) is 41.8 Å². The molecule has 0 aliphatic carbocycles. The highest BCUT2D eigenvalue weighted by molar-refractivity contribution is 7.92. The molecule has 3 aromatic rings. The zero-order chi connectivity index (χ0) is 25.5. The van der Waals surface area contributed by atoms with Gasteiger partial charge in [-0.15, -0.1) is 0 Å². The van der Waals surface area contributed by atoms with Crippen molar-refractivity contribution in [3.05, 3.63) is 90.0 Å². The Morgan fingerprint density at radius 2 is 1.64 bits per heavy atom. The quantitative estimate of drug-likeness (QED) is 0.467. The normalized spacial score (nSPS) is 14.1. The van der Waals surface area contributed by atoms with E-state index in [2.05, 4.69) is 0 Å². The Morgan fingerprint density at radius 1 is 1.00 bits per heavy atom. The van der Waals surface area contributed by atoms with Crippen molar-refractivity contribution in [2.45, 2.75) is 11.4 Å². The SMILES string of the molecule is COc1ccc(S(=O)(=O)N(Cc2ccc(O)cc2)c2ccc(C=CC(=O)N3CCOCC3)cc2)cc1. The average molecular weight is 509 g/mol. The van der Waals surface area contributed by atoms with E-state index >= 15 is 0 Å². The van der Waals surface area contributed by atoms with Gasteiger partial charge in [0.25, 0.3) is 10.0 Å². The van der Waals surface area contributed by atoms with E-state index in [0.717, 1.165) is 5.56 Å². The van der Waals surface area contributed by atoms with Crippen LogP contribution in [0.4, 0.5) is 5.69 Å². The molecule has 0 aromatic heterocycles. The number of methoxy groups -OCH3 is 1. The second kappa shape index (κ2) is 11.3. The minimum Gasteiger partial charge on any atom is -0.508 e. The highest BCUT2D eigenvalue weighted by Gasteiger charge is 2.25. The van der Waals surface area contributed by atoms with Gasteiger partial charge in [0.1, 0.15) is 11.5 Å². The molecule has 1 amide bonds. The van der Waals surface area contributed by atoms with E-state index in [9.17, 15) is 18.3 Å². The van der Waals surface area contributed by atoms with Crippen LogP contribution in [0, 0.1) is 0 Å². The predicted molar refractivity (Wildman–Crippen MR) is 137 cm³/mol. The molecule has 0 unspecified atom stereocenters. The van der Waals surface area contributed by atoms with Gasteiger partial charge in [-0.25, -0.2) is 8.42 Å². The predicted octanol–water partition coefficient (Wildman–Crippen LogP) is 3.67. The number of nitrogens with zero attached hydrogens (tertiary/aromatic N) is 2. The number of sulfonamides is 1. The summed E-state index contributed by atoms with van der Waals surface area (Å²) in [5.41, 5.74) is 1.95. The van der Waals surface area contributed by atoms with E-state index in [1.54, 1.807) is 59.5 Å². The number of anilines is 1. The lowest BCUT2D eigenvalue weighted by atomic mass is 10.1. The number of ether oxygens (including phenoxy) is 2. The lowest BCUT2D eigenvalue weighted by Crippen LogP contribution is -2.39. The second-order valence-corrected chi connectivity index (χ2v) is 10.1. The summed E-state index contributed by atoms with van der Waals surface area (Å²) in [7, 11) is -2.40. The highest BCUT2D eigenvalue weighted by atomic mass is 32.2. The molecule has 1 heterocycles. The molecule has 9 heteroatoms. The maximum atomic E-state index is 13.6. The van der Waals surface area contributed by atoms with Crippen LogP contribution in [0.15, 0.2) is 83.8 Å². The smallest absolute Gasteiger partial charge is 0.264 e. The molecule has 1 fully saturated rings. The molecule has 1 N–H and O–H groups in total. The Labute approximate surface area is 211 Å². The van der Waals surface area contributed by atoms with Crippen LogP contribution >= 0.6 is 0 Å². The third kappa shape index (κ3) is 6.05. The molecule has 1 aliphatic heterocycles. The molecule has 188 valence electrons. The van der Waals surface area contributed by atoms with Crippen molar-refractivity contribution in [2.24, 2.45) is 0 Å². The van der Waals surface area contributed by atoms with Gasteiger partial charge >= 0.3 is 0 Å². The summed E-state index contributed by atoms with van der Waals surface area (Å²) < 4.78 is 39.0. The fourth-order valence-electron chi connectivity index (χ4n) is 3.77. The van der Waals surface area contributed by atoms with Crippen molar-refractivity contribution < 1.29 is 27.8 Å². The zero-order valence-corrected chi connectivity index (χ0v) is 20.7. The van der Waals surface area contributed by atoms with Crippen molar-refractivity contribution in [3.8, 4) is 11.5 Å². The van der Waals surface area contributed by atoms with Gasteiger partial charge in [0.05, 0.1) is 37.5 Å². The van der Waals surface area contributed by atoms with E-state index < -0.39 is 10.0 Å². The molecule has 8 nitrogen and oxygen atoms in total. The van der Waals surface area contributed by atoms with Gasteiger partial charge in [-0.05, 0) is 65.7 Å². The molecule has 0 atom stereocenters. The van der Waals surface area contributed by atoms with Crippen LogP contribution in [0.3, 0.4) is 0 Å². The number of morpholine rings is 1. The average Bonchev–Trinajstić information content (AvgIpc) is 2.92. The first-order valence-corrected chi connectivity index (χ1v) is 12.9. The lowest BCUT2D eigenvalue weighted by Gasteiger charge is -2.25. The molecule has 1 saturated heterocycles. The molecule has 36 heavy (non-hydrogen) atoms.